The number of nitrogens with two attached hydrogens (primary N) is 1. The molecule has 10 nitrogen and oxygen atoms in total. The highest BCUT2D eigenvalue weighted by atomic mass is 32.2. The molecule has 15 heteroatoms. The second kappa shape index (κ2) is 11.4. The molecule has 5 rings (SSSR count). The molecule has 0 saturated heterocycles. The van der Waals surface area contributed by atoms with E-state index in [1.807, 2.05) is 0 Å². The number of thiophene rings is 1. The minimum Gasteiger partial charge on any atom is -0.393 e. The third-order valence-electron chi connectivity index (χ3n) is 7.28. The van der Waals surface area contributed by atoms with Gasteiger partial charge in [-0.2, -0.15) is 21.6 Å². The Labute approximate surface area is 238 Å². The van der Waals surface area contributed by atoms with Crippen LogP contribution in [0.5, 0.6) is 0 Å². The predicted octanol–water partition coefficient (Wildman–Crippen LogP) is 3.53. The van der Waals surface area contributed by atoms with Crippen LogP contribution in [-0.4, -0.2) is 54.6 Å². The number of aromatic nitrogens is 2. The summed E-state index contributed by atoms with van der Waals surface area (Å²) in [5.74, 6) is -0.650. The van der Waals surface area contributed by atoms with Gasteiger partial charge >= 0.3 is 16.5 Å². The van der Waals surface area contributed by atoms with Crippen molar-refractivity contribution < 1.29 is 40.4 Å². The van der Waals surface area contributed by atoms with E-state index >= 15 is 0 Å². The van der Waals surface area contributed by atoms with E-state index in [0.29, 0.717) is 35.5 Å². The summed E-state index contributed by atoms with van der Waals surface area (Å²) in [4.78, 5) is 22.9. The topological polar surface area (TPSA) is 154 Å². The normalized spacial score (nSPS) is 22.9. The van der Waals surface area contributed by atoms with E-state index in [1.165, 1.54) is 29.9 Å². The average molecular weight is 613 g/mol. The summed E-state index contributed by atoms with van der Waals surface area (Å²) in [6, 6.07) is 4.96. The summed E-state index contributed by atoms with van der Waals surface area (Å²) in [5, 5.41) is 18.4. The fraction of sp³-hybridized carbons (Fsp3) is 0.423. The van der Waals surface area contributed by atoms with Crippen LogP contribution in [0.4, 0.5) is 19.0 Å². The van der Waals surface area contributed by atoms with Crippen molar-refractivity contribution in [1.82, 2.24) is 9.97 Å². The summed E-state index contributed by atoms with van der Waals surface area (Å²) in [6.07, 6.45) is -2.38. The summed E-state index contributed by atoms with van der Waals surface area (Å²) in [7, 11) is -4.15. The molecule has 0 radical (unpaired) electrons. The van der Waals surface area contributed by atoms with E-state index in [-0.39, 0.29) is 36.2 Å². The van der Waals surface area contributed by atoms with Crippen molar-refractivity contribution in [3.8, 4) is 0 Å². The van der Waals surface area contributed by atoms with Gasteiger partial charge in [-0.25, -0.2) is 15.1 Å². The van der Waals surface area contributed by atoms with E-state index in [0.717, 1.165) is 22.6 Å². The zero-order valence-electron chi connectivity index (χ0n) is 21.7. The first-order chi connectivity index (χ1) is 19.3. The molecular formula is C26H27F3N4O6S2. The number of benzene rings is 1. The van der Waals surface area contributed by atoms with Crippen LogP contribution in [0.1, 0.15) is 61.3 Å². The number of nitrogens with one attached hydrogen (secondary N) is 1. The van der Waals surface area contributed by atoms with Gasteiger partial charge in [0.1, 0.15) is 18.2 Å². The number of aryl methyl sites for hydroxylation is 1. The number of hydrogen-bond acceptors (Lipinski definition) is 10. The van der Waals surface area contributed by atoms with Crippen molar-refractivity contribution >= 4 is 33.2 Å². The number of halogens is 3. The van der Waals surface area contributed by atoms with Gasteiger partial charge in [0, 0.05) is 23.0 Å². The first-order valence-corrected chi connectivity index (χ1v) is 15.0. The Bertz CT molecular complexity index is 1560. The molecule has 220 valence electrons. The fourth-order valence-electron chi connectivity index (χ4n) is 5.26. The third-order valence-corrected chi connectivity index (χ3v) is 8.81. The molecule has 1 aromatic carbocycles. The maximum atomic E-state index is 13.6. The molecule has 3 aromatic rings. The quantitative estimate of drug-likeness (QED) is 0.324. The first-order valence-electron chi connectivity index (χ1n) is 12.7. The number of alkyl halides is 3. The summed E-state index contributed by atoms with van der Waals surface area (Å²) >= 11 is 1.20. The van der Waals surface area contributed by atoms with Crippen LogP contribution in [0, 0.1) is 12.8 Å². The molecule has 0 bridgehead atoms. The van der Waals surface area contributed by atoms with Crippen LogP contribution in [0.25, 0.3) is 0 Å². The molecule has 2 aliphatic rings. The highest BCUT2D eigenvalue weighted by Gasteiger charge is 2.36. The zero-order chi connectivity index (χ0) is 29.5. The van der Waals surface area contributed by atoms with Crippen molar-refractivity contribution in [3.63, 3.8) is 0 Å². The number of carbonyl (C=O) groups excluding carboxylic acids is 1. The lowest BCUT2D eigenvalue weighted by molar-refractivity contribution is -0.137. The highest BCUT2D eigenvalue weighted by Crippen LogP contribution is 2.41. The monoisotopic (exact) mass is 612 g/mol. The van der Waals surface area contributed by atoms with Gasteiger partial charge in [0.25, 0.3) is 0 Å². The molecule has 0 spiro atoms. The summed E-state index contributed by atoms with van der Waals surface area (Å²) < 4.78 is 73.1. The second-order valence-electron chi connectivity index (χ2n) is 10.1. The minimum absolute atomic E-state index is 0.170. The third kappa shape index (κ3) is 6.60. The van der Waals surface area contributed by atoms with Crippen LogP contribution >= 0.6 is 11.3 Å². The van der Waals surface area contributed by atoms with Gasteiger partial charge < -0.3 is 15.2 Å². The molecule has 0 unspecified atom stereocenters. The van der Waals surface area contributed by atoms with Gasteiger partial charge in [-0.1, -0.05) is 6.07 Å². The van der Waals surface area contributed by atoms with Crippen molar-refractivity contribution in [1.29, 1.82) is 0 Å². The van der Waals surface area contributed by atoms with E-state index in [9.17, 15) is 31.5 Å². The number of carbonyl (C=O) groups is 1. The minimum atomic E-state index is -4.50. The highest BCUT2D eigenvalue weighted by molar-refractivity contribution is 7.84. The van der Waals surface area contributed by atoms with Crippen molar-refractivity contribution in [2.45, 2.75) is 50.6 Å². The number of rotatable bonds is 8. The lowest BCUT2D eigenvalue weighted by Gasteiger charge is -2.27. The molecule has 0 amide bonds. The van der Waals surface area contributed by atoms with Gasteiger partial charge in [-0.05, 0) is 61.1 Å². The van der Waals surface area contributed by atoms with Crippen molar-refractivity contribution in [3.05, 3.63) is 74.4 Å². The van der Waals surface area contributed by atoms with E-state index in [1.54, 1.807) is 13.0 Å². The SMILES string of the molecule is Cc1sc(C(=O)c2cncnc2N[C@@H]2C[C@H](COS(N)(=O)=O)[C@@H](O)C2)cc1[C@H]1OCCc2ccc(C(F)(F)F)cc21. The smallest absolute Gasteiger partial charge is 0.393 e. The Morgan fingerprint density at radius 2 is 2.05 bits per heavy atom. The fourth-order valence-corrected chi connectivity index (χ4v) is 6.63. The van der Waals surface area contributed by atoms with Crippen LogP contribution in [0.2, 0.25) is 0 Å². The molecule has 1 saturated carbocycles. The van der Waals surface area contributed by atoms with E-state index in [2.05, 4.69) is 19.5 Å². The maximum absolute atomic E-state index is 13.6. The van der Waals surface area contributed by atoms with Crippen LogP contribution in [0.3, 0.4) is 0 Å². The van der Waals surface area contributed by atoms with Crippen molar-refractivity contribution in [2.24, 2.45) is 11.1 Å². The lowest BCUT2D eigenvalue weighted by Crippen LogP contribution is -2.24. The molecule has 4 atom stereocenters. The van der Waals surface area contributed by atoms with E-state index < -0.39 is 40.2 Å². The molecule has 1 aliphatic heterocycles. The van der Waals surface area contributed by atoms with Crippen LogP contribution in [-0.2, 0) is 31.8 Å². The zero-order valence-corrected chi connectivity index (χ0v) is 23.4. The molecule has 41 heavy (non-hydrogen) atoms. The average Bonchev–Trinajstić information content (AvgIpc) is 3.47. The molecule has 4 N–H and O–H groups in total. The maximum Gasteiger partial charge on any atom is 0.416 e. The van der Waals surface area contributed by atoms with Gasteiger partial charge in [-0.3, -0.25) is 8.98 Å². The molecule has 3 heterocycles. The number of aliphatic hydroxyl groups excluding tert-OH is 1. The van der Waals surface area contributed by atoms with Crippen LogP contribution in [0.15, 0.2) is 36.8 Å². The Kier molecular flexibility index (Phi) is 8.20. The largest absolute Gasteiger partial charge is 0.416 e. The molecular weight excluding hydrogens is 585 g/mol. The Hall–Kier alpha value is -2.95. The number of anilines is 1. The number of aliphatic hydroxyl groups is 1. The summed E-state index contributed by atoms with van der Waals surface area (Å²) in [5.41, 5.74) is 1.22. The Morgan fingerprint density at radius 1 is 1.27 bits per heavy atom. The van der Waals surface area contributed by atoms with Gasteiger partial charge in [0.05, 0.1) is 35.3 Å². The number of ether oxygens (including phenoxy) is 1. The van der Waals surface area contributed by atoms with Gasteiger partial charge in [0.2, 0.25) is 5.78 Å². The summed E-state index contributed by atoms with van der Waals surface area (Å²) in [6.45, 7) is 1.84. The molecule has 1 fully saturated rings. The molecule has 2 aromatic heterocycles. The van der Waals surface area contributed by atoms with E-state index in [4.69, 9.17) is 9.88 Å². The molecule has 1 aliphatic carbocycles. The van der Waals surface area contributed by atoms with Crippen molar-refractivity contribution in [2.75, 3.05) is 18.5 Å². The van der Waals surface area contributed by atoms with Crippen LogP contribution < -0.4 is 10.5 Å². The number of nitrogens with zero attached hydrogens (tertiary/aromatic N) is 2. The predicted molar refractivity (Wildman–Crippen MR) is 143 cm³/mol. The van der Waals surface area contributed by atoms with Gasteiger partial charge in [-0.15, -0.1) is 11.3 Å². The Morgan fingerprint density at radius 3 is 2.78 bits per heavy atom. The number of fused-ring (bicyclic) bond motifs is 1. The standard InChI is InChI=1S/C26H27F3N4O6S2/c1-13-18(24-19-7-16(26(27,28)29)3-2-14(19)4-5-38-24)9-22(40-13)23(35)20-10-31-12-32-25(20)33-17-6-15(21(34)8-17)11-39-41(30,36)37/h2-3,7,9-10,12,15,17,21,24,34H,4-6,8,11H2,1H3,(H2,30,36,37)(H,31,32,33)/t15-,17-,21+,24-/m1/s1. The number of ketones is 1. The number of hydrogen-bond donors (Lipinski definition) is 3. The second-order valence-corrected chi connectivity index (χ2v) is 12.5. The lowest BCUT2D eigenvalue weighted by atomic mass is 9.91. The first kappa shape index (κ1) is 29.5. The van der Waals surface area contributed by atoms with Gasteiger partial charge in [0.15, 0.2) is 0 Å². The Balaban J connectivity index is 1.37.